The molecule has 4 rings (SSSR count). The Bertz CT molecular complexity index is 950. The molecule has 26 heavy (non-hydrogen) atoms. The summed E-state index contributed by atoms with van der Waals surface area (Å²) >= 11 is 9.01. The number of thioether (sulfide) groups is 1. The second-order valence-corrected chi connectivity index (χ2v) is 7.90. The van der Waals surface area contributed by atoms with Crippen molar-refractivity contribution in [1.29, 1.82) is 0 Å². The number of aromatic nitrogens is 2. The van der Waals surface area contributed by atoms with Crippen LogP contribution in [0.4, 0.5) is 5.13 Å². The Hall–Kier alpha value is -2.29. The van der Waals surface area contributed by atoms with Gasteiger partial charge in [0.25, 0.3) is 5.91 Å². The molecule has 0 atom stereocenters. The summed E-state index contributed by atoms with van der Waals surface area (Å²) in [6.45, 7) is 0.0958. The number of carbonyl (C=O) groups excluding carboxylic acids is 1. The lowest BCUT2D eigenvalue weighted by atomic mass is 10.2. The largest absolute Gasteiger partial charge is 0.454 e. The maximum atomic E-state index is 12.4. The van der Waals surface area contributed by atoms with Crippen molar-refractivity contribution >= 4 is 45.7 Å². The predicted octanol–water partition coefficient (Wildman–Crippen LogP) is 4.46. The summed E-state index contributed by atoms with van der Waals surface area (Å²) in [4.78, 5) is 12.4. The molecule has 0 spiro atoms. The molecule has 1 aliphatic heterocycles. The number of hydrogen-bond acceptors (Lipinski definition) is 7. The molecule has 3 aromatic rings. The smallest absolute Gasteiger partial charge is 0.257 e. The van der Waals surface area contributed by atoms with Gasteiger partial charge in [0.1, 0.15) is 0 Å². The summed E-state index contributed by atoms with van der Waals surface area (Å²) in [7, 11) is 0. The van der Waals surface area contributed by atoms with E-state index >= 15 is 0 Å². The third-order valence-electron chi connectivity index (χ3n) is 3.52. The molecule has 0 radical (unpaired) electrons. The molecule has 1 aromatic heterocycles. The van der Waals surface area contributed by atoms with Crippen LogP contribution in [0.3, 0.4) is 0 Å². The predicted molar refractivity (Wildman–Crippen MR) is 101 cm³/mol. The van der Waals surface area contributed by atoms with Gasteiger partial charge in [-0.1, -0.05) is 65.0 Å². The third-order valence-corrected chi connectivity index (χ3v) is 5.85. The number of anilines is 1. The fourth-order valence-corrected chi connectivity index (χ4v) is 4.27. The van der Waals surface area contributed by atoms with Crippen molar-refractivity contribution in [2.24, 2.45) is 0 Å². The average molecular weight is 406 g/mol. The van der Waals surface area contributed by atoms with Gasteiger partial charge >= 0.3 is 0 Å². The van der Waals surface area contributed by atoms with E-state index in [1.807, 2.05) is 18.2 Å². The topological polar surface area (TPSA) is 73.3 Å². The minimum atomic E-state index is -0.332. The summed E-state index contributed by atoms with van der Waals surface area (Å²) < 4.78 is 11.3. The molecule has 0 bridgehead atoms. The number of amides is 1. The van der Waals surface area contributed by atoms with Crippen LogP contribution in [0.2, 0.25) is 5.02 Å². The number of halogens is 1. The van der Waals surface area contributed by atoms with Crippen LogP contribution in [0, 0.1) is 0 Å². The highest BCUT2D eigenvalue weighted by Gasteiger charge is 2.21. The normalized spacial score (nSPS) is 12.2. The second kappa shape index (κ2) is 7.53. The summed E-state index contributed by atoms with van der Waals surface area (Å²) in [5.41, 5.74) is 1.57. The van der Waals surface area contributed by atoms with Crippen molar-refractivity contribution in [3.8, 4) is 11.5 Å². The maximum absolute atomic E-state index is 12.4. The van der Waals surface area contributed by atoms with E-state index in [2.05, 4.69) is 27.6 Å². The molecule has 0 saturated heterocycles. The quantitative estimate of drug-likeness (QED) is 0.499. The minimum absolute atomic E-state index is 0.0958. The van der Waals surface area contributed by atoms with E-state index in [4.69, 9.17) is 21.1 Å². The van der Waals surface area contributed by atoms with Crippen LogP contribution in [0.25, 0.3) is 0 Å². The maximum Gasteiger partial charge on any atom is 0.257 e. The first-order valence-corrected chi connectivity index (χ1v) is 9.78. The van der Waals surface area contributed by atoms with Gasteiger partial charge in [0.15, 0.2) is 15.8 Å². The van der Waals surface area contributed by atoms with Crippen molar-refractivity contribution in [1.82, 2.24) is 10.2 Å². The molecular formula is C17H12ClN3O3S2. The first kappa shape index (κ1) is 17.1. The Morgan fingerprint density at radius 1 is 1.23 bits per heavy atom. The van der Waals surface area contributed by atoms with E-state index in [9.17, 15) is 4.79 Å². The monoisotopic (exact) mass is 405 g/mol. The van der Waals surface area contributed by atoms with Gasteiger partial charge in [0, 0.05) is 11.3 Å². The lowest BCUT2D eigenvalue weighted by Crippen LogP contribution is -2.11. The minimum Gasteiger partial charge on any atom is -0.454 e. The highest BCUT2D eigenvalue weighted by atomic mass is 35.5. The van der Waals surface area contributed by atoms with E-state index in [0.29, 0.717) is 27.2 Å². The van der Waals surface area contributed by atoms with Crippen LogP contribution in [0.15, 0.2) is 46.8 Å². The van der Waals surface area contributed by atoms with Gasteiger partial charge in [-0.05, 0) is 17.7 Å². The SMILES string of the molecule is O=C(Nc1nnc(SCc2ccccc2)s1)c1cc(Cl)c2c(c1)OCO2. The van der Waals surface area contributed by atoms with Crippen molar-refractivity contribution in [2.75, 3.05) is 12.1 Å². The summed E-state index contributed by atoms with van der Waals surface area (Å²) in [5.74, 6) is 1.37. The van der Waals surface area contributed by atoms with Crippen LogP contribution in [0.5, 0.6) is 11.5 Å². The first-order valence-electron chi connectivity index (χ1n) is 7.60. The second-order valence-electron chi connectivity index (χ2n) is 5.29. The number of rotatable bonds is 5. The molecular weight excluding hydrogens is 394 g/mol. The van der Waals surface area contributed by atoms with Gasteiger partial charge < -0.3 is 9.47 Å². The molecule has 2 heterocycles. The van der Waals surface area contributed by atoms with E-state index in [1.54, 1.807) is 17.8 Å². The van der Waals surface area contributed by atoms with E-state index in [-0.39, 0.29) is 12.7 Å². The molecule has 1 N–H and O–H groups in total. The zero-order valence-corrected chi connectivity index (χ0v) is 15.7. The summed E-state index contributed by atoms with van der Waals surface area (Å²) in [6.07, 6.45) is 0. The van der Waals surface area contributed by atoms with E-state index < -0.39 is 0 Å². The average Bonchev–Trinajstić information content (AvgIpc) is 3.30. The Labute approximate surface area is 162 Å². The Morgan fingerprint density at radius 3 is 2.92 bits per heavy atom. The molecule has 0 fully saturated rings. The van der Waals surface area contributed by atoms with Crippen molar-refractivity contribution in [2.45, 2.75) is 10.1 Å². The van der Waals surface area contributed by atoms with E-state index in [0.717, 1.165) is 10.1 Å². The first-order chi connectivity index (χ1) is 12.7. The summed E-state index contributed by atoms with van der Waals surface area (Å²) in [5, 5.41) is 11.6. The van der Waals surface area contributed by atoms with E-state index in [1.165, 1.54) is 23.0 Å². The van der Waals surface area contributed by atoms with Crippen molar-refractivity contribution in [3.05, 3.63) is 58.6 Å². The zero-order chi connectivity index (χ0) is 17.9. The number of ether oxygens (including phenoxy) is 2. The number of carbonyl (C=O) groups is 1. The Morgan fingerprint density at radius 2 is 2.08 bits per heavy atom. The van der Waals surface area contributed by atoms with Crippen LogP contribution in [-0.2, 0) is 5.75 Å². The third kappa shape index (κ3) is 3.77. The molecule has 0 unspecified atom stereocenters. The van der Waals surface area contributed by atoms with Crippen molar-refractivity contribution in [3.63, 3.8) is 0 Å². The lowest BCUT2D eigenvalue weighted by Gasteiger charge is -2.04. The number of fused-ring (bicyclic) bond motifs is 1. The van der Waals surface area contributed by atoms with Crippen LogP contribution in [-0.4, -0.2) is 22.9 Å². The van der Waals surface area contributed by atoms with Gasteiger partial charge in [-0.2, -0.15) is 0 Å². The van der Waals surface area contributed by atoms with Crippen LogP contribution < -0.4 is 14.8 Å². The fraction of sp³-hybridized carbons (Fsp3) is 0.118. The number of nitrogens with zero attached hydrogens (tertiary/aromatic N) is 2. The van der Waals surface area contributed by atoms with Crippen LogP contribution in [0.1, 0.15) is 15.9 Å². The van der Waals surface area contributed by atoms with Crippen molar-refractivity contribution < 1.29 is 14.3 Å². The molecule has 1 amide bonds. The lowest BCUT2D eigenvalue weighted by molar-refractivity contribution is 0.102. The molecule has 9 heteroatoms. The van der Waals surface area contributed by atoms with Gasteiger partial charge in [-0.3, -0.25) is 10.1 Å². The summed E-state index contributed by atoms with van der Waals surface area (Å²) in [6, 6.07) is 13.2. The van der Waals surface area contributed by atoms with Gasteiger partial charge in [0.2, 0.25) is 11.9 Å². The number of hydrogen-bond donors (Lipinski definition) is 1. The number of benzene rings is 2. The molecule has 132 valence electrons. The van der Waals surface area contributed by atoms with Gasteiger partial charge in [-0.25, -0.2) is 0 Å². The standard InChI is InChI=1S/C17H12ClN3O3S2/c18-12-6-11(7-13-14(12)24-9-23-13)15(22)19-16-20-21-17(26-16)25-8-10-4-2-1-3-5-10/h1-7H,8-9H2,(H,19,20,22). The van der Waals surface area contributed by atoms with Crippen LogP contribution >= 0.6 is 34.7 Å². The highest BCUT2D eigenvalue weighted by Crippen LogP contribution is 2.40. The van der Waals surface area contributed by atoms with Gasteiger partial charge in [0.05, 0.1) is 5.02 Å². The zero-order valence-electron chi connectivity index (χ0n) is 13.3. The fourth-order valence-electron chi connectivity index (χ4n) is 2.31. The number of nitrogens with one attached hydrogen (secondary N) is 1. The molecule has 0 aliphatic carbocycles. The molecule has 1 aliphatic rings. The highest BCUT2D eigenvalue weighted by molar-refractivity contribution is 8.00. The Kier molecular flexibility index (Phi) is 4.96. The molecule has 2 aromatic carbocycles. The molecule has 0 saturated carbocycles. The Balaban J connectivity index is 1.41. The molecule has 6 nitrogen and oxygen atoms in total. The van der Waals surface area contributed by atoms with Gasteiger partial charge in [-0.15, -0.1) is 10.2 Å².